The molecule has 1 aromatic rings. The van der Waals surface area contributed by atoms with Crippen LogP contribution in [0.2, 0.25) is 0 Å². The first-order valence-corrected chi connectivity index (χ1v) is 7.82. The fraction of sp³-hybridized carbons (Fsp3) is 0.500. The van der Waals surface area contributed by atoms with Gasteiger partial charge in [0.2, 0.25) is 5.91 Å². The predicted molar refractivity (Wildman–Crippen MR) is 82.0 cm³/mol. The number of nitrogens with zero attached hydrogens (tertiary/aromatic N) is 1. The average Bonchev–Trinajstić information content (AvgIpc) is 2.81. The van der Waals surface area contributed by atoms with Gasteiger partial charge in [-0.05, 0) is 54.5 Å². The summed E-state index contributed by atoms with van der Waals surface area (Å²) < 4.78 is 5.41. The molecule has 0 unspecified atom stereocenters. The van der Waals surface area contributed by atoms with Gasteiger partial charge in [0, 0.05) is 18.9 Å². The van der Waals surface area contributed by atoms with Gasteiger partial charge in [-0.3, -0.25) is 4.79 Å². The molecule has 0 radical (unpaired) electrons. The van der Waals surface area contributed by atoms with Crippen molar-refractivity contribution in [2.75, 3.05) is 14.2 Å². The normalized spacial score (nSPS) is 30.4. The quantitative estimate of drug-likeness (QED) is 0.788. The minimum Gasteiger partial charge on any atom is -0.497 e. The molecule has 0 N–H and O–H groups in total. The molecule has 0 bridgehead atoms. The number of likely N-dealkylation sites (tertiary alicyclic amines) is 1. The number of fused-ring (bicyclic) bond motifs is 3. The van der Waals surface area contributed by atoms with Crippen molar-refractivity contribution in [3.05, 3.63) is 35.4 Å². The molecular weight excluding hydrogens is 262 g/mol. The molecule has 1 aliphatic heterocycles. The number of hydrogen-bond donors (Lipinski definition) is 0. The highest BCUT2D eigenvalue weighted by molar-refractivity contribution is 5.86. The summed E-state index contributed by atoms with van der Waals surface area (Å²) in [6, 6.07) is 6.55. The zero-order valence-electron chi connectivity index (χ0n) is 12.7. The number of benzene rings is 1. The molecule has 2 aliphatic carbocycles. The Bertz CT molecular complexity index is 649. The van der Waals surface area contributed by atoms with Crippen LogP contribution in [0.3, 0.4) is 0 Å². The highest BCUT2D eigenvalue weighted by Crippen LogP contribution is 2.64. The Morgan fingerprint density at radius 1 is 1.33 bits per heavy atom. The highest BCUT2D eigenvalue weighted by Gasteiger charge is 2.55. The van der Waals surface area contributed by atoms with Crippen molar-refractivity contribution >= 4 is 11.5 Å². The van der Waals surface area contributed by atoms with Gasteiger partial charge in [-0.2, -0.15) is 0 Å². The van der Waals surface area contributed by atoms with E-state index < -0.39 is 0 Å². The third-order valence-electron chi connectivity index (χ3n) is 5.64. The number of piperidine rings is 1. The fourth-order valence-electron chi connectivity index (χ4n) is 4.73. The summed E-state index contributed by atoms with van der Waals surface area (Å²) in [7, 11) is 3.67. The second-order valence-corrected chi connectivity index (χ2v) is 6.53. The van der Waals surface area contributed by atoms with Crippen LogP contribution in [0.15, 0.2) is 24.3 Å². The van der Waals surface area contributed by atoms with E-state index >= 15 is 0 Å². The lowest BCUT2D eigenvalue weighted by molar-refractivity contribution is -0.139. The Morgan fingerprint density at radius 2 is 2.19 bits per heavy atom. The summed E-state index contributed by atoms with van der Waals surface area (Å²) in [5.41, 5.74) is 4.24. The molecule has 21 heavy (non-hydrogen) atoms. The zero-order chi connectivity index (χ0) is 14.6. The van der Waals surface area contributed by atoms with Crippen LogP contribution in [0, 0.1) is 5.41 Å². The summed E-state index contributed by atoms with van der Waals surface area (Å²) in [5, 5.41) is 0. The van der Waals surface area contributed by atoms with Crippen molar-refractivity contribution in [1.29, 1.82) is 0 Å². The molecule has 1 saturated heterocycles. The molecule has 2 atom stereocenters. The SMILES string of the molecule is COc1ccc2c(c1)[C@@H]1N(C)C(=O)CC[C@@]13CCCC=C23. The second kappa shape index (κ2) is 4.36. The number of ether oxygens (including phenoxy) is 1. The summed E-state index contributed by atoms with van der Waals surface area (Å²) in [6.07, 6.45) is 7.66. The van der Waals surface area contributed by atoms with Crippen molar-refractivity contribution < 1.29 is 9.53 Å². The number of methoxy groups -OCH3 is 1. The lowest BCUT2D eigenvalue weighted by atomic mass is 9.65. The van der Waals surface area contributed by atoms with Crippen LogP contribution < -0.4 is 4.74 Å². The Morgan fingerprint density at radius 3 is 3.00 bits per heavy atom. The zero-order valence-corrected chi connectivity index (χ0v) is 12.7. The molecule has 3 heteroatoms. The molecule has 1 fully saturated rings. The molecule has 110 valence electrons. The van der Waals surface area contributed by atoms with Crippen LogP contribution in [0.5, 0.6) is 5.75 Å². The molecule has 3 aliphatic rings. The van der Waals surface area contributed by atoms with E-state index in [1.54, 1.807) is 7.11 Å². The molecular formula is C18H21NO2. The third-order valence-corrected chi connectivity index (χ3v) is 5.64. The summed E-state index contributed by atoms with van der Waals surface area (Å²) in [4.78, 5) is 14.2. The Labute approximate surface area is 125 Å². The maximum Gasteiger partial charge on any atom is 0.222 e. The molecule has 0 aromatic heterocycles. The summed E-state index contributed by atoms with van der Waals surface area (Å²) in [6.45, 7) is 0. The Kier molecular flexibility index (Phi) is 2.69. The number of amides is 1. The van der Waals surface area contributed by atoms with Gasteiger partial charge in [0.25, 0.3) is 0 Å². The van der Waals surface area contributed by atoms with E-state index in [0.717, 1.165) is 18.6 Å². The second-order valence-electron chi connectivity index (χ2n) is 6.53. The number of allylic oxidation sites excluding steroid dienone is 1. The lowest BCUT2D eigenvalue weighted by Crippen LogP contribution is -2.45. The van der Waals surface area contributed by atoms with Crippen molar-refractivity contribution in [1.82, 2.24) is 4.90 Å². The van der Waals surface area contributed by atoms with Crippen LogP contribution in [0.1, 0.15) is 49.3 Å². The number of carbonyl (C=O) groups excluding carboxylic acids is 1. The number of rotatable bonds is 1. The average molecular weight is 283 g/mol. The first kappa shape index (κ1) is 12.9. The van der Waals surface area contributed by atoms with E-state index in [4.69, 9.17) is 4.74 Å². The van der Waals surface area contributed by atoms with E-state index in [1.807, 2.05) is 18.0 Å². The minimum absolute atomic E-state index is 0.148. The largest absolute Gasteiger partial charge is 0.497 e. The first-order chi connectivity index (χ1) is 10.2. The van der Waals surface area contributed by atoms with Crippen LogP contribution >= 0.6 is 0 Å². The summed E-state index contributed by atoms with van der Waals surface area (Å²) in [5.74, 6) is 1.15. The van der Waals surface area contributed by atoms with Gasteiger partial charge in [0.15, 0.2) is 0 Å². The maximum atomic E-state index is 12.2. The van der Waals surface area contributed by atoms with Gasteiger partial charge in [0.05, 0.1) is 13.2 Å². The van der Waals surface area contributed by atoms with Crippen LogP contribution in [-0.2, 0) is 4.79 Å². The van der Waals surface area contributed by atoms with Gasteiger partial charge in [-0.15, -0.1) is 0 Å². The molecule has 1 heterocycles. The Hall–Kier alpha value is -1.77. The summed E-state index contributed by atoms with van der Waals surface area (Å²) >= 11 is 0. The molecule has 1 spiro atoms. The van der Waals surface area contributed by atoms with Crippen molar-refractivity contribution in [2.45, 2.75) is 38.1 Å². The predicted octanol–water partition coefficient (Wildman–Crippen LogP) is 3.56. The van der Waals surface area contributed by atoms with E-state index in [9.17, 15) is 4.79 Å². The molecule has 1 aromatic carbocycles. The molecule has 3 nitrogen and oxygen atoms in total. The van der Waals surface area contributed by atoms with Crippen molar-refractivity contribution in [2.24, 2.45) is 5.41 Å². The van der Waals surface area contributed by atoms with Gasteiger partial charge >= 0.3 is 0 Å². The minimum atomic E-state index is 0.148. The number of carbonyl (C=O) groups is 1. The van der Waals surface area contributed by atoms with Gasteiger partial charge < -0.3 is 9.64 Å². The molecule has 1 amide bonds. The van der Waals surface area contributed by atoms with E-state index in [0.29, 0.717) is 6.42 Å². The van der Waals surface area contributed by atoms with Crippen LogP contribution in [-0.4, -0.2) is 25.0 Å². The van der Waals surface area contributed by atoms with Crippen molar-refractivity contribution in [3.63, 3.8) is 0 Å². The number of hydrogen-bond acceptors (Lipinski definition) is 2. The Balaban J connectivity index is 1.95. The molecule has 4 rings (SSSR count). The highest BCUT2D eigenvalue weighted by atomic mass is 16.5. The van der Waals surface area contributed by atoms with Gasteiger partial charge in [0.1, 0.15) is 5.75 Å². The smallest absolute Gasteiger partial charge is 0.222 e. The third kappa shape index (κ3) is 1.57. The fourth-order valence-corrected chi connectivity index (χ4v) is 4.73. The van der Waals surface area contributed by atoms with Gasteiger partial charge in [-0.1, -0.05) is 12.1 Å². The van der Waals surface area contributed by atoms with E-state index in [-0.39, 0.29) is 17.4 Å². The topological polar surface area (TPSA) is 29.5 Å². The van der Waals surface area contributed by atoms with Crippen LogP contribution in [0.25, 0.3) is 5.57 Å². The lowest BCUT2D eigenvalue weighted by Gasteiger charge is -2.47. The molecule has 0 saturated carbocycles. The van der Waals surface area contributed by atoms with Gasteiger partial charge in [-0.25, -0.2) is 0 Å². The first-order valence-electron chi connectivity index (χ1n) is 7.82. The monoisotopic (exact) mass is 283 g/mol. The van der Waals surface area contributed by atoms with Crippen LogP contribution in [0.4, 0.5) is 0 Å². The van der Waals surface area contributed by atoms with E-state index in [2.05, 4.69) is 18.2 Å². The van der Waals surface area contributed by atoms with Crippen molar-refractivity contribution in [3.8, 4) is 5.75 Å². The van der Waals surface area contributed by atoms with E-state index in [1.165, 1.54) is 29.5 Å². The maximum absolute atomic E-state index is 12.2. The standard InChI is InChI=1S/C18H21NO2/c1-19-16(20)8-10-18-9-4-3-5-15(18)13-7-6-12(21-2)11-14(13)17(18)19/h5-7,11,17H,3-4,8-10H2,1-2H3/t17-,18+/m0/s1.